The third kappa shape index (κ3) is 3.98. The summed E-state index contributed by atoms with van der Waals surface area (Å²) < 4.78 is 5.42. The molecule has 0 bridgehead atoms. The molecule has 1 heterocycles. The quantitative estimate of drug-likeness (QED) is 0.876. The lowest BCUT2D eigenvalue weighted by Crippen LogP contribution is -2.40. The standard InChI is InChI=1S/C15H20N2O3/c1-12-6-2-3-7-13(12)20-11-14(18)16-10-15(19)17-8-4-5-9-17/h2-3,6-7H,4-5,8-11H2,1H3,(H,16,18). The van der Waals surface area contributed by atoms with Gasteiger partial charge in [0, 0.05) is 13.1 Å². The minimum Gasteiger partial charge on any atom is -0.484 e. The zero-order chi connectivity index (χ0) is 14.4. The van der Waals surface area contributed by atoms with E-state index in [9.17, 15) is 9.59 Å². The molecular formula is C15H20N2O3. The maximum Gasteiger partial charge on any atom is 0.258 e. The highest BCUT2D eigenvalue weighted by molar-refractivity contribution is 5.85. The van der Waals surface area contributed by atoms with Gasteiger partial charge in [0.1, 0.15) is 5.75 Å². The molecule has 1 aliphatic heterocycles. The molecule has 108 valence electrons. The van der Waals surface area contributed by atoms with Crippen molar-refractivity contribution < 1.29 is 14.3 Å². The molecule has 2 rings (SSSR count). The largest absolute Gasteiger partial charge is 0.484 e. The van der Waals surface area contributed by atoms with Gasteiger partial charge in [-0.2, -0.15) is 0 Å². The molecule has 0 aliphatic carbocycles. The van der Waals surface area contributed by atoms with Crippen LogP contribution in [0.3, 0.4) is 0 Å². The van der Waals surface area contributed by atoms with Crippen LogP contribution < -0.4 is 10.1 Å². The number of benzene rings is 1. The lowest BCUT2D eigenvalue weighted by atomic mass is 10.2. The van der Waals surface area contributed by atoms with Crippen LogP contribution in [0, 0.1) is 6.92 Å². The molecule has 1 fully saturated rings. The van der Waals surface area contributed by atoms with Gasteiger partial charge in [-0.15, -0.1) is 0 Å². The molecule has 0 unspecified atom stereocenters. The van der Waals surface area contributed by atoms with Gasteiger partial charge in [0.2, 0.25) is 5.91 Å². The SMILES string of the molecule is Cc1ccccc1OCC(=O)NCC(=O)N1CCCC1. The Bertz CT molecular complexity index is 482. The van der Waals surface area contributed by atoms with Crippen molar-refractivity contribution >= 4 is 11.8 Å². The van der Waals surface area contributed by atoms with Crippen LogP contribution in [0.15, 0.2) is 24.3 Å². The van der Waals surface area contributed by atoms with Crippen molar-refractivity contribution in [2.24, 2.45) is 0 Å². The maximum absolute atomic E-state index is 11.7. The van der Waals surface area contributed by atoms with E-state index in [-0.39, 0.29) is 25.0 Å². The van der Waals surface area contributed by atoms with E-state index in [1.54, 1.807) is 4.90 Å². The van der Waals surface area contributed by atoms with E-state index in [0.717, 1.165) is 31.5 Å². The first-order chi connectivity index (χ1) is 9.66. The van der Waals surface area contributed by atoms with Crippen molar-refractivity contribution in [3.63, 3.8) is 0 Å². The van der Waals surface area contributed by atoms with Crippen LogP contribution in [0.25, 0.3) is 0 Å². The Morgan fingerprint density at radius 2 is 1.95 bits per heavy atom. The first-order valence-corrected chi connectivity index (χ1v) is 6.90. The van der Waals surface area contributed by atoms with Crippen molar-refractivity contribution in [1.82, 2.24) is 10.2 Å². The molecule has 5 nitrogen and oxygen atoms in total. The molecule has 2 amide bonds. The number of nitrogens with zero attached hydrogens (tertiary/aromatic N) is 1. The molecule has 1 saturated heterocycles. The highest BCUT2D eigenvalue weighted by Crippen LogP contribution is 2.15. The van der Waals surface area contributed by atoms with Crippen molar-refractivity contribution in [2.75, 3.05) is 26.2 Å². The first-order valence-electron chi connectivity index (χ1n) is 6.90. The van der Waals surface area contributed by atoms with E-state index in [2.05, 4.69) is 5.32 Å². The fourth-order valence-electron chi connectivity index (χ4n) is 2.17. The summed E-state index contributed by atoms with van der Waals surface area (Å²) in [4.78, 5) is 25.2. The molecule has 0 spiro atoms. The molecule has 1 aliphatic rings. The van der Waals surface area contributed by atoms with E-state index in [1.165, 1.54) is 0 Å². The Labute approximate surface area is 118 Å². The van der Waals surface area contributed by atoms with Crippen LogP contribution in [0.1, 0.15) is 18.4 Å². The number of ether oxygens (including phenoxy) is 1. The molecule has 0 saturated carbocycles. The third-order valence-corrected chi connectivity index (χ3v) is 3.35. The number of amides is 2. The summed E-state index contributed by atoms with van der Waals surface area (Å²) in [5.41, 5.74) is 0.980. The second-order valence-corrected chi connectivity index (χ2v) is 4.92. The average Bonchev–Trinajstić information content (AvgIpc) is 2.98. The van der Waals surface area contributed by atoms with Gasteiger partial charge < -0.3 is 15.0 Å². The number of aryl methyl sites for hydroxylation is 1. The summed E-state index contributed by atoms with van der Waals surface area (Å²) in [7, 11) is 0. The van der Waals surface area contributed by atoms with Crippen molar-refractivity contribution in [3.05, 3.63) is 29.8 Å². The van der Waals surface area contributed by atoms with Gasteiger partial charge in [0.25, 0.3) is 5.91 Å². The Hall–Kier alpha value is -2.04. The number of nitrogens with one attached hydrogen (secondary N) is 1. The minimum atomic E-state index is -0.277. The lowest BCUT2D eigenvalue weighted by Gasteiger charge is -2.15. The topological polar surface area (TPSA) is 58.6 Å². The predicted octanol–water partition coefficient (Wildman–Crippen LogP) is 1.11. The number of hydrogen-bond acceptors (Lipinski definition) is 3. The molecule has 0 radical (unpaired) electrons. The fourth-order valence-corrected chi connectivity index (χ4v) is 2.17. The number of carbonyl (C=O) groups is 2. The zero-order valence-corrected chi connectivity index (χ0v) is 11.7. The number of likely N-dealkylation sites (tertiary alicyclic amines) is 1. The van der Waals surface area contributed by atoms with E-state index in [4.69, 9.17) is 4.74 Å². The summed E-state index contributed by atoms with van der Waals surface area (Å²) in [5, 5.41) is 2.59. The Balaban J connectivity index is 1.70. The third-order valence-electron chi connectivity index (χ3n) is 3.35. The first kappa shape index (κ1) is 14.4. The smallest absolute Gasteiger partial charge is 0.258 e. The Morgan fingerprint density at radius 1 is 1.25 bits per heavy atom. The number of para-hydroxylation sites is 1. The predicted molar refractivity (Wildman–Crippen MR) is 75.5 cm³/mol. The molecule has 1 N–H and O–H groups in total. The van der Waals surface area contributed by atoms with Crippen molar-refractivity contribution in [1.29, 1.82) is 0 Å². The van der Waals surface area contributed by atoms with Crippen LogP contribution in [-0.2, 0) is 9.59 Å². The summed E-state index contributed by atoms with van der Waals surface area (Å²) in [5.74, 6) is 0.390. The van der Waals surface area contributed by atoms with Gasteiger partial charge in [-0.25, -0.2) is 0 Å². The highest BCUT2D eigenvalue weighted by atomic mass is 16.5. The second kappa shape index (κ2) is 6.93. The number of carbonyl (C=O) groups excluding carboxylic acids is 2. The number of hydrogen-bond donors (Lipinski definition) is 1. The summed E-state index contributed by atoms with van der Waals surface area (Å²) in [6, 6.07) is 7.51. The Morgan fingerprint density at radius 3 is 2.65 bits per heavy atom. The van der Waals surface area contributed by atoms with Gasteiger partial charge in [-0.1, -0.05) is 18.2 Å². The monoisotopic (exact) mass is 276 g/mol. The van der Waals surface area contributed by atoms with Crippen LogP contribution in [0.2, 0.25) is 0 Å². The Kier molecular flexibility index (Phi) is 4.98. The maximum atomic E-state index is 11.7. The molecule has 0 atom stereocenters. The molecule has 20 heavy (non-hydrogen) atoms. The summed E-state index contributed by atoms with van der Waals surface area (Å²) in [6.45, 7) is 3.50. The van der Waals surface area contributed by atoms with Crippen LogP contribution >= 0.6 is 0 Å². The van der Waals surface area contributed by atoms with Crippen molar-refractivity contribution in [2.45, 2.75) is 19.8 Å². The fraction of sp³-hybridized carbons (Fsp3) is 0.467. The average molecular weight is 276 g/mol. The van der Waals surface area contributed by atoms with Gasteiger partial charge in [-0.05, 0) is 31.4 Å². The molecule has 0 aromatic heterocycles. The minimum absolute atomic E-state index is 0.0215. The van der Waals surface area contributed by atoms with E-state index in [0.29, 0.717) is 5.75 Å². The molecular weight excluding hydrogens is 256 g/mol. The zero-order valence-electron chi connectivity index (χ0n) is 11.7. The van der Waals surface area contributed by atoms with Gasteiger partial charge >= 0.3 is 0 Å². The van der Waals surface area contributed by atoms with Gasteiger partial charge in [0.05, 0.1) is 6.54 Å². The highest BCUT2D eigenvalue weighted by Gasteiger charge is 2.18. The van der Waals surface area contributed by atoms with Crippen molar-refractivity contribution in [3.8, 4) is 5.75 Å². The molecule has 1 aromatic carbocycles. The summed E-state index contributed by atoms with van der Waals surface area (Å²) in [6.07, 6.45) is 2.10. The number of rotatable bonds is 5. The van der Waals surface area contributed by atoms with Crippen LogP contribution in [-0.4, -0.2) is 43.0 Å². The van der Waals surface area contributed by atoms with E-state index in [1.807, 2.05) is 31.2 Å². The normalized spacial score (nSPS) is 14.2. The van der Waals surface area contributed by atoms with E-state index >= 15 is 0 Å². The van der Waals surface area contributed by atoms with Crippen LogP contribution in [0.4, 0.5) is 0 Å². The lowest BCUT2D eigenvalue weighted by molar-refractivity contribution is -0.132. The molecule has 5 heteroatoms. The van der Waals surface area contributed by atoms with Gasteiger partial charge in [0.15, 0.2) is 6.61 Å². The second-order valence-electron chi connectivity index (χ2n) is 4.92. The molecule has 1 aromatic rings. The summed E-state index contributed by atoms with van der Waals surface area (Å²) >= 11 is 0. The van der Waals surface area contributed by atoms with E-state index < -0.39 is 0 Å². The van der Waals surface area contributed by atoms with Crippen LogP contribution in [0.5, 0.6) is 5.75 Å². The van der Waals surface area contributed by atoms with Gasteiger partial charge in [-0.3, -0.25) is 9.59 Å².